The van der Waals surface area contributed by atoms with E-state index in [2.05, 4.69) is 16.0 Å². The van der Waals surface area contributed by atoms with Crippen LogP contribution in [0.4, 0.5) is 4.79 Å². The average molecular weight is 390 g/mol. The number of carboxylic acid groups (broad SMARTS) is 2. The molecule has 0 heterocycles. The number of aliphatic carboxylic acids is 2. The Bertz CT molecular complexity index is 610. The lowest BCUT2D eigenvalue weighted by atomic mass is 10.2. The first-order chi connectivity index (χ1) is 12.4. The number of hydrazine groups is 1. The summed E-state index contributed by atoms with van der Waals surface area (Å²) in [6.07, 6.45) is -0.638. The molecule has 9 N–H and O–H groups in total. The second-order valence-corrected chi connectivity index (χ2v) is 5.36. The third-order valence-electron chi connectivity index (χ3n) is 2.94. The molecule has 27 heavy (non-hydrogen) atoms. The molecule has 0 aliphatic rings. The van der Waals surface area contributed by atoms with Crippen LogP contribution in [0.1, 0.15) is 20.3 Å². The predicted molar refractivity (Wildman–Crippen MR) is 87.8 cm³/mol. The van der Waals surface area contributed by atoms with E-state index in [0.717, 1.165) is 0 Å². The average Bonchev–Trinajstić information content (AvgIpc) is 2.56. The van der Waals surface area contributed by atoms with Crippen molar-refractivity contribution in [3.05, 3.63) is 0 Å². The largest absolute Gasteiger partial charge is 0.481 e. The Labute approximate surface area is 153 Å². The summed E-state index contributed by atoms with van der Waals surface area (Å²) in [4.78, 5) is 67.1. The van der Waals surface area contributed by atoms with Crippen molar-refractivity contribution in [3.8, 4) is 0 Å². The van der Waals surface area contributed by atoms with E-state index < -0.39 is 66.8 Å². The Morgan fingerprint density at radius 3 is 1.96 bits per heavy atom. The molecule has 0 aliphatic heterocycles. The molecule has 3 unspecified atom stereocenters. The van der Waals surface area contributed by atoms with E-state index >= 15 is 0 Å². The summed E-state index contributed by atoms with van der Waals surface area (Å²) in [7, 11) is 0. The molecule has 3 atom stereocenters. The van der Waals surface area contributed by atoms with Crippen molar-refractivity contribution in [1.29, 1.82) is 0 Å². The Morgan fingerprint density at radius 1 is 0.889 bits per heavy atom. The zero-order valence-electron chi connectivity index (χ0n) is 14.6. The molecule has 0 radical (unpaired) electrons. The van der Waals surface area contributed by atoms with Gasteiger partial charge in [0.2, 0.25) is 5.91 Å². The number of hydrogen-bond acceptors (Lipinski definition) is 7. The molecule has 0 fully saturated rings. The molecule has 5 amide bonds. The fourth-order valence-corrected chi connectivity index (χ4v) is 1.43. The molecule has 0 saturated heterocycles. The Balaban J connectivity index is 4.22. The molecule has 0 aromatic carbocycles. The van der Waals surface area contributed by atoms with Crippen LogP contribution in [-0.2, 0) is 24.0 Å². The molecule has 0 aromatic rings. The fourth-order valence-electron chi connectivity index (χ4n) is 1.43. The minimum Gasteiger partial charge on any atom is -0.481 e. The zero-order chi connectivity index (χ0) is 21.1. The van der Waals surface area contributed by atoms with Crippen LogP contribution in [0.3, 0.4) is 0 Å². The van der Waals surface area contributed by atoms with Crippen LogP contribution < -0.4 is 32.5 Å². The first-order valence-corrected chi connectivity index (χ1v) is 7.57. The van der Waals surface area contributed by atoms with E-state index in [-0.39, 0.29) is 0 Å². The molecule has 14 nitrogen and oxygen atoms in total. The van der Waals surface area contributed by atoms with Gasteiger partial charge in [0.25, 0.3) is 11.8 Å². The van der Waals surface area contributed by atoms with Crippen LogP contribution in [0.2, 0.25) is 0 Å². The van der Waals surface area contributed by atoms with Gasteiger partial charge in [-0.3, -0.25) is 34.8 Å². The Kier molecular flexibility index (Phi) is 9.82. The van der Waals surface area contributed by atoms with Crippen molar-refractivity contribution >= 4 is 35.7 Å². The van der Waals surface area contributed by atoms with Gasteiger partial charge in [-0.1, -0.05) is 0 Å². The van der Waals surface area contributed by atoms with Crippen LogP contribution in [0.15, 0.2) is 0 Å². The highest BCUT2D eigenvalue weighted by molar-refractivity contribution is 5.91. The number of urea groups is 1. The Hall–Kier alpha value is -3.42. The van der Waals surface area contributed by atoms with Crippen LogP contribution in [-0.4, -0.2) is 70.6 Å². The highest BCUT2D eigenvalue weighted by atomic mass is 16.4. The Morgan fingerprint density at radius 2 is 1.44 bits per heavy atom. The van der Waals surface area contributed by atoms with E-state index in [1.54, 1.807) is 0 Å². The van der Waals surface area contributed by atoms with Crippen molar-refractivity contribution in [3.63, 3.8) is 0 Å². The van der Waals surface area contributed by atoms with Gasteiger partial charge in [0, 0.05) is 0 Å². The van der Waals surface area contributed by atoms with Crippen molar-refractivity contribution < 1.29 is 39.0 Å². The molecule has 0 rings (SSSR count). The van der Waals surface area contributed by atoms with Gasteiger partial charge in [-0.2, -0.15) is 0 Å². The normalized spacial score (nSPS) is 13.3. The number of nitrogens with two attached hydrogens (primary N) is 1. The van der Waals surface area contributed by atoms with Crippen LogP contribution in [0.5, 0.6) is 0 Å². The maximum atomic E-state index is 11.7. The highest BCUT2D eigenvalue weighted by Crippen LogP contribution is 1.88. The molecule has 152 valence electrons. The van der Waals surface area contributed by atoms with E-state index in [1.807, 2.05) is 10.9 Å². The van der Waals surface area contributed by atoms with Gasteiger partial charge >= 0.3 is 18.0 Å². The van der Waals surface area contributed by atoms with Gasteiger partial charge in [0.15, 0.2) is 0 Å². The number of amides is 5. The second-order valence-electron chi connectivity index (χ2n) is 5.36. The number of rotatable bonds is 9. The number of carboxylic acids is 2. The topological polar surface area (TPSA) is 229 Å². The third kappa shape index (κ3) is 10.2. The molecule has 0 aliphatic carbocycles. The maximum Gasteiger partial charge on any atom is 0.325 e. The van der Waals surface area contributed by atoms with E-state index in [0.29, 0.717) is 0 Å². The number of carbonyl (C=O) groups is 6. The zero-order valence-corrected chi connectivity index (χ0v) is 14.6. The molecule has 0 spiro atoms. The van der Waals surface area contributed by atoms with Crippen molar-refractivity contribution in [1.82, 2.24) is 26.8 Å². The van der Waals surface area contributed by atoms with Gasteiger partial charge in [0.05, 0.1) is 19.0 Å². The lowest BCUT2D eigenvalue weighted by molar-refractivity contribution is -0.141. The first-order valence-electron chi connectivity index (χ1n) is 7.57. The minimum atomic E-state index is -1.37. The van der Waals surface area contributed by atoms with Gasteiger partial charge in [-0.15, -0.1) is 0 Å². The molecular weight excluding hydrogens is 368 g/mol. The van der Waals surface area contributed by atoms with Crippen LogP contribution in [0.25, 0.3) is 0 Å². The molecule has 0 saturated carbocycles. The maximum absolute atomic E-state index is 11.7. The van der Waals surface area contributed by atoms with E-state index in [9.17, 15) is 28.8 Å². The smallest absolute Gasteiger partial charge is 0.325 e. The predicted octanol–water partition coefficient (Wildman–Crippen LogP) is -3.79. The summed E-state index contributed by atoms with van der Waals surface area (Å²) in [5, 5.41) is 23.5. The summed E-state index contributed by atoms with van der Waals surface area (Å²) in [6.45, 7) is 1.98. The SMILES string of the molecule is CC(NC(=O)CNC(=O)NC(C)C(=O)NNC(=O)C(N)CC(=O)O)C(=O)O. The number of carbonyl (C=O) groups excluding carboxylic acids is 4. The summed E-state index contributed by atoms with van der Waals surface area (Å²) in [5.74, 6) is -5.07. The van der Waals surface area contributed by atoms with Gasteiger partial charge in [-0.25, -0.2) is 4.79 Å². The standard InChI is InChI=1S/C13H22N6O8/c1-5(10(23)18-19-11(24)7(14)3-9(21)22)17-13(27)15-4-8(20)16-6(2)12(25)26/h5-7H,3-4,14H2,1-2H3,(H,16,20)(H,18,23)(H,19,24)(H,21,22)(H,25,26)(H2,15,17,27). The number of hydrogen-bond donors (Lipinski definition) is 8. The van der Waals surface area contributed by atoms with Crippen LogP contribution in [0, 0.1) is 0 Å². The summed E-state index contributed by atoms with van der Waals surface area (Å²) in [6, 6.07) is -4.55. The van der Waals surface area contributed by atoms with Crippen molar-refractivity contribution in [2.24, 2.45) is 5.73 Å². The molecule has 0 bridgehead atoms. The quantitative estimate of drug-likeness (QED) is 0.180. The molecule has 14 heteroatoms. The molecule has 0 aromatic heterocycles. The fraction of sp³-hybridized carbons (Fsp3) is 0.538. The van der Waals surface area contributed by atoms with Crippen LogP contribution >= 0.6 is 0 Å². The van der Waals surface area contributed by atoms with E-state index in [4.69, 9.17) is 15.9 Å². The van der Waals surface area contributed by atoms with Gasteiger partial charge in [0.1, 0.15) is 12.1 Å². The van der Waals surface area contributed by atoms with E-state index in [1.165, 1.54) is 13.8 Å². The highest BCUT2D eigenvalue weighted by Gasteiger charge is 2.20. The van der Waals surface area contributed by atoms with Gasteiger partial charge < -0.3 is 31.9 Å². The summed E-state index contributed by atoms with van der Waals surface area (Å²) in [5.41, 5.74) is 9.14. The summed E-state index contributed by atoms with van der Waals surface area (Å²) < 4.78 is 0. The number of nitrogens with one attached hydrogen (secondary N) is 5. The second kappa shape index (κ2) is 11.2. The lowest BCUT2D eigenvalue weighted by Crippen LogP contribution is -2.56. The van der Waals surface area contributed by atoms with Crippen molar-refractivity contribution in [2.75, 3.05) is 6.54 Å². The monoisotopic (exact) mass is 390 g/mol. The van der Waals surface area contributed by atoms with Gasteiger partial charge in [-0.05, 0) is 13.8 Å². The lowest BCUT2D eigenvalue weighted by Gasteiger charge is -2.16. The first kappa shape index (κ1) is 23.6. The summed E-state index contributed by atoms with van der Waals surface area (Å²) >= 11 is 0. The van der Waals surface area contributed by atoms with Crippen molar-refractivity contribution in [2.45, 2.75) is 38.4 Å². The third-order valence-corrected chi connectivity index (χ3v) is 2.94. The molecular formula is C13H22N6O8. The minimum absolute atomic E-state index is 0.529.